The van der Waals surface area contributed by atoms with Gasteiger partial charge in [0.1, 0.15) is 4.21 Å². The van der Waals surface area contributed by atoms with E-state index in [2.05, 4.69) is 19.2 Å². The molecule has 2 aromatic rings. The molecule has 2 rings (SSSR count). The Balaban J connectivity index is 2.20. The second-order valence-corrected chi connectivity index (χ2v) is 8.23. The molecule has 0 aliphatic heterocycles. The molecule has 1 heterocycles. The molecule has 0 unspecified atom stereocenters. The lowest BCUT2D eigenvalue weighted by atomic mass is 10.3. The van der Waals surface area contributed by atoms with E-state index in [0.29, 0.717) is 22.5 Å². The van der Waals surface area contributed by atoms with E-state index in [9.17, 15) is 8.42 Å². The summed E-state index contributed by atoms with van der Waals surface area (Å²) in [7, 11) is -1.91. The zero-order valence-corrected chi connectivity index (χ0v) is 14.0. The molecule has 0 spiro atoms. The third-order valence-corrected chi connectivity index (χ3v) is 6.33. The first-order valence-electron chi connectivity index (χ1n) is 6.76. The lowest BCUT2D eigenvalue weighted by molar-refractivity contribution is 0.588. The zero-order valence-electron chi connectivity index (χ0n) is 12.4. The molecule has 1 aromatic heterocycles. The Morgan fingerprint density at radius 3 is 2.52 bits per heavy atom. The standard InChI is InChI=1S/C15H20N2O2S2/c1-12(2)16-10-13-9-15(20-11-13)21(18,19)17(3)14-7-5-4-6-8-14/h4-9,11-12,16H,10H2,1-3H3. The van der Waals surface area contributed by atoms with Crippen molar-refractivity contribution in [1.29, 1.82) is 0 Å². The third kappa shape index (κ3) is 3.84. The van der Waals surface area contributed by atoms with Gasteiger partial charge in [-0.2, -0.15) is 0 Å². The summed E-state index contributed by atoms with van der Waals surface area (Å²) in [6.45, 7) is 4.80. The van der Waals surface area contributed by atoms with E-state index in [0.717, 1.165) is 5.56 Å². The molecule has 21 heavy (non-hydrogen) atoms. The Bertz CT molecular complexity index is 679. The topological polar surface area (TPSA) is 49.4 Å². The summed E-state index contributed by atoms with van der Waals surface area (Å²) in [6.07, 6.45) is 0. The first-order chi connectivity index (χ1) is 9.91. The molecule has 0 atom stereocenters. The molecular formula is C15H20N2O2S2. The molecule has 1 N–H and O–H groups in total. The Hall–Kier alpha value is -1.37. The van der Waals surface area contributed by atoms with E-state index in [4.69, 9.17) is 0 Å². The lowest BCUT2D eigenvalue weighted by Crippen LogP contribution is -2.25. The monoisotopic (exact) mass is 324 g/mol. The second-order valence-electron chi connectivity index (χ2n) is 5.12. The molecule has 4 nitrogen and oxygen atoms in total. The van der Waals surface area contributed by atoms with Gasteiger partial charge in [-0.1, -0.05) is 32.0 Å². The van der Waals surface area contributed by atoms with Gasteiger partial charge in [-0.15, -0.1) is 11.3 Å². The fraction of sp³-hybridized carbons (Fsp3) is 0.333. The van der Waals surface area contributed by atoms with Crippen LogP contribution < -0.4 is 9.62 Å². The van der Waals surface area contributed by atoms with Crippen LogP contribution in [0.1, 0.15) is 19.4 Å². The van der Waals surface area contributed by atoms with Gasteiger partial charge in [0.2, 0.25) is 0 Å². The first-order valence-corrected chi connectivity index (χ1v) is 9.08. The largest absolute Gasteiger partial charge is 0.310 e. The summed E-state index contributed by atoms with van der Waals surface area (Å²) in [6, 6.07) is 11.2. The van der Waals surface area contributed by atoms with Crippen molar-refractivity contribution in [2.45, 2.75) is 30.6 Å². The Morgan fingerprint density at radius 2 is 1.90 bits per heavy atom. The summed E-state index contributed by atoms with van der Waals surface area (Å²) in [4.78, 5) is 0. The van der Waals surface area contributed by atoms with Gasteiger partial charge >= 0.3 is 0 Å². The van der Waals surface area contributed by atoms with Crippen molar-refractivity contribution in [3.05, 3.63) is 47.3 Å². The molecule has 114 valence electrons. The maximum absolute atomic E-state index is 12.6. The number of nitrogens with one attached hydrogen (secondary N) is 1. The molecule has 0 aliphatic carbocycles. The lowest BCUT2D eigenvalue weighted by Gasteiger charge is -2.18. The summed E-state index contributed by atoms with van der Waals surface area (Å²) >= 11 is 1.26. The minimum atomic E-state index is -3.49. The normalized spacial score (nSPS) is 11.8. The minimum absolute atomic E-state index is 0.370. The number of para-hydroxylation sites is 1. The number of anilines is 1. The average Bonchev–Trinajstić information content (AvgIpc) is 2.95. The fourth-order valence-electron chi connectivity index (χ4n) is 1.81. The predicted molar refractivity (Wildman–Crippen MR) is 88.3 cm³/mol. The van der Waals surface area contributed by atoms with E-state index in [1.165, 1.54) is 15.6 Å². The van der Waals surface area contributed by atoms with Crippen molar-refractivity contribution < 1.29 is 8.42 Å². The van der Waals surface area contributed by atoms with Gasteiger partial charge in [0.15, 0.2) is 0 Å². The molecule has 1 aromatic carbocycles. The van der Waals surface area contributed by atoms with Crippen molar-refractivity contribution in [2.75, 3.05) is 11.4 Å². The van der Waals surface area contributed by atoms with Crippen molar-refractivity contribution >= 4 is 27.0 Å². The van der Waals surface area contributed by atoms with Gasteiger partial charge in [0.25, 0.3) is 10.0 Å². The van der Waals surface area contributed by atoms with Gasteiger partial charge < -0.3 is 5.32 Å². The van der Waals surface area contributed by atoms with Crippen LogP contribution in [0.2, 0.25) is 0 Å². The molecule has 6 heteroatoms. The van der Waals surface area contributed by atoms with Crippen LogP contribution in [-0.4, -0.2) is 21.5 Å². The maximum atomic E-state index is 12.6. The van der Waals surface area contributed by atoms with Crippen molar-refractivity contribution in [2.24, 2.45) is 0 Å². The Labute approximate surface area is 130 Å². The highest BCUT2D eigenvalue weighted by Gasteiger charge is 2.23. The summed E-state index contributed by atoms with van der Waals surface area (Å²) in [5.41, 5.74) is 1.65. The minimum Gasteiger partial charge on any atom is -0.310 e. The smallest absolute Gasteiger partial charge is 0.273 e. The van der Waals surface area contributed by atoms with Crippen LogP contribution in [0.3, 0.4) is 0 Å². The SMILES string of the molecule is CC(C)NCc1csc(S(=O)(=O)N(C)c2ccccc2)c1. The van der Waals surface area contributed by atoms with Gasteiger partial charge in [0.05, 0.1) is 5.69 Å². The van der Waals surface area contributed by atoms with Gasteiger partial charge in [-0.3, -0.25) is 4.31 Å². The van der Waals surface area contributed by atoms with Gasteiger partial charge in [-0.25, -0.2) is 8.42 Å². The van der Waals surface area contributed by atoms with Crippen molar-refractivity contribution in [3.8, 4) is 0 Å². The van der Waals surface area contributed by atoms with E-state index < -0.39 is 10.0 Å². The fourth-order valence-corrected chi connectivity index (χ4v) is 4.39. The number of benzene rings is 1. The Morgan fingerprint density at radius 1 is 1.24 bits per heavy atom. The number of hydrogen-bond donors (Lipinski definition) is 1. The summed E-state index contributed by atoms with van der Waals surface area (Å²) in [5.74, 6) is 0. The molecule has 0 saturated heterocycles. The van der Waals surface area contributed by atoms with Gasteiger partial charge in [0, 0.05) is 19.6 Å². The van der Waals surface area contributed by atoms with Crippen LogP contribution >= 0.6 is 11.3 Å². The molecule has 0 aliphatic rings. The maximum Gasteiger partial charge on any atom is 0.273 e. The molecule has 0 saturated carbocycles. The number of nitrogens with zero attached hydrogens (tertiary/aromatic N) is 1. The van der Waals surface area contributed by atoms with Crippen LogP contribution in [0.4, 0.5) is 5.69 Å². The molecule has 0 fully saturated rings. The van der Waals surface area contributed by atoms with Crippen LogP contribution in [-0.2, 0) is 16.6 Å². The predicted octanol–water partition coefficient (Wildman–Crippen LogP) is 3.07. The molecule has 0 amide bonds. The summed E-state index contributed by atoms with van der Waals surface area (Å²) < 4.78 is 26.9. The zero-order chi connectivity index (χ0) is 15.5. The van der Waals surface area contributed by atoms with E-state index in [1.807, 2.05) is 23.6 Å². The molecule has 0 radical (unpaired) electrons. The van der Waals surface area contributed by atoms with E-state index >= 15 is 0 Å². The summed E-state index contributed by atoms with van der Waals surface area (Å²) in [5, 5.41) is 5.18. The molecular weight excluding hydrogens is 304 g/mol. The number of thiophene rings is 1. The molecule has 0 bridgehead atoms. The van der Waals surface area contributed by atoms with E-state index in [-0.39, 0.29) is 0 Å². The van der Waals surface area contributed by atoms with Crippen LogP contribution in [0.5, 0.6) is 0 Å². The number of sulfonamides is 1. The van der Waals surface area contributed by atoms with Crippen molar-refractivity contribution in [3.63, 3.8) is 0 Å². The van der Waals surface area contributed by atoms with Crippen LogP contribution in [0, 0.1) is 0 Å². The first kappa shape index (κ1) is 16.0. The van der Waals surface area contributed by atoms with Crippen LogP contribution in [0.25, 0.3) is 0 Å². The average molecular weight is 324 g/mol. The van der Waals surface area contributed by atoms with Crippen LogP contribution in [0.15, 0.2) is 46.0 Å². The number of rotatable bonds is 6. The van der Waals surface area contributed by atoms with Crippen molar-refractivity contribution in [1.82, 2.24) is 5.32 Å². The van der Waals surface area contributed by atoms with E-state index in [1.54, 1.807) is 25.2 Å². The highest BCUT2D eigenvalue weighted by Crippen LogP contribution is 2.26. The Kier molecular flexibility index (Phi) is 5.03. The highest BCUT2D eigenvalue weighted by molar-refractivity contribution is 7.94. The van der Waals surface area contributed by atoms with Gasteiger partial charge in [-0.05, 0) is 29.1 Å². The second kappa shape index (κ2) is 6.60. The highest BCUT2D eigenvalue weighted by atomic mass is 32.2. The quantitative estimate of drug-likeness (QED) is 0.888. The number of hydrogen-bond acceptors (Lipinski definition) is 4. The third-order valence-electron chi connectivity index (χ3n) is 3.08.